The number of nitriles is 1. The van der Waals surface area contributed by atoms with Crippen molar-refractivity contribution in [3.8, 4) is 6.07 Å². The standard InChI is InChI=1S/C11H11N/c1-3-9-6-5-7-10(8-12)11(9)4-2/h3,5-7H,1,4H2,2H3. The zero-order valence-electron chi connectivity index (χ0n) is 7.17. The minimum absolute atomic E-state index is 0.759. The van der Waals surface area contributed by atoms with Gasteiger partial charge in [-0.2, -0.15) is 5.26 Å². The zero-order chi connectivity index (χ0) is 8.97. The molecule has 0 fully saturated rings. The Labute approximate surface area is 73.0 Å². The minimum Gasteiger partial charge on any atom is -0.192 e. The zero-order valence-corrected chi connectivity index (χ0v) is 7.17. The van der Waals surface area contributed by atoms with Crippen LogP contribution in [0.25, 0.3) is 6.08 Å². The van der Waals surface area contributed by atoms with Gasteiger partial charge in [0.15, 0.2) is 0 Å². The van der Waals surface area contributed by atoms with E-state index in [-0.39, 0.29) is 0 Å². The first-order valence-electron chi connectivity index (χ1n) is 3.98. The first-order chi connectivity index (χ1) is 5.83. The average molecular weight is 157 g/mol. The summed E-state index contributed by atoms with van der Waals surface area (Å²) in [4.78, 5) is 0. The monoisotopic (exact) mass is 157 g/mol. The molecule has 1 aromatic carbocycles. The molecule has 1 rings (SSSR count). The molecule has 0 unspecified atom stereocenters. The van der Waals surface area contributed by atoms with Crippen LogP contribution in [0.4, 0.5) is 0 Å². The number of hydrogen-bond donors (Lipinski definition) is 0. The van der Waals surface area contributed by atoms with Gasteiger partial charge in [-0.15, -0.1) is 0 Å². The molecule has 0 aliphatic heterocycles. The van der Waals surface area contributed by atoms with Crippen molar-refractivity contribution in [3.63, 3.8) is 0 Å². The van der Waals surface area contributed by atoms with E-state index in [0.717, 1.165) is 23.1 Å². The summed E-state index contributed by atoms with van der Waals surface area (Å²) in [6.45, 7) is 5.75. The molecule has 0 spiro atoms. The molecule has 0 bridgehead atoms. The molecule has 0 saturated carbocycles. The summed E-state index contributed by atoms with van der Waals surface area (Å²) in [5.74, 6) is 0. The fourth-order valence-corrected chi connectivity index (χ4v) is 1.30. The van der Waals surface area contributed by atoms with E-state index in [9.17, 15) is 0 Å². The molecular weight excluding hydrogens is 146 g/mol. The first-order valence-corrected chi connectivity index (χ1v) is 3.98. The van der Waals surface area contributed by atoms with Gasteiger partial charge in [-0.3, -0.25) is 0 Å². The molecule has 0 radical (unpaired) electrons. The summed E-state index contributed by atoms with van der Waals surface area (Å²) in [7, 11) is 0. The van der Waals surface area contributed by atoms with E-state index < -0.39 is 0 Å². The molecule has 0 heterocycles. The van der Waals surface area contributed by atoms with Gasteiger partial charge in [0, 0.05) is 0 Å². The second-order valence-electron chi connectivity index (χ2n) is 2.54. The lowest BCUT2D eigenvalue weighted by Crippen LogP contribution is -1.90. The Morgan fingerprint density at radius 2 is 2.33 bits per heavy atom. The van der Waals surface area contributed by atoms with Gasteiger partial charge in [-0.05, 0) is 23.6 Å². The van der Waals surface area contributed by atoms with Gasteiger partial charge >= 0.3 is 0 Å². The number of nitrogens with zero attached hydrogens (tertiary/aromatic N) is 1. The third-order valence-corrected chi connectivity index (χ3v) is 1.91. The maximum Gasteiger partial charge on any atom is 0.0994 e. The Kier molecular flexibility index (Phi) is 2.66. The molecule has 0 aliphatic carbocycles. The van der Waals surface area contributed by atoms with Crippen LogP contribution >= 0.6 is 0 Å². The molecule has 1 heteroatoms. The van der Waals surface area contributed by atoms with Crippen LogP contribution in [-0.2, 0) is 6.42 Å². The van der Waals surface area contributed by atoms with Gasteiger partial charge < -0.3 is 0 Å². The molecule has 12 heavy (non-hydrogen) atoms. The van der Waals surface area contributed by atoms with E-state index in [4.69, 9.17) is 5.26 Å². The predicted molar refractivity (Wildman–Crippen MR) is 50.6 cm³/mol. The highest BCUT2D eigenvalue weighted by atomic mass is 14.2. The van der Waals surface area contributed by atoms with Crippen molar-refractivity contribution in [2.45, 2.75) is 13.3 Å². The van der Waals surface area contributed by atoms with Crippen molar-refractivity contribution in [3.05, 3.63) is 41.5 Å². The molecular formula is C11H11N. The summed E-state index contributed by atoms with van der Waals surface area (Å²) in [5.41, 5.74) is 2.92. The SMILES string of the molecule is C=Cc1cccc(C#N)c1CC. The molecule has 0 atom stereocenters. The quantitative estimate of drug-likeness (QED) is 0.647. The highest BCUT2D eigenvalue weighted by Crippen LogP contribution is 2.15. The normalized spacial score (nSPS) is 9.00. The predicted octanol–water partition coefficient (Wildman–Crippen LogP) is 2.76. The van der Waals surface area contributed by atoms with Gasteiger partial charge in [-0.25, -0.2) is 0 Å². The second-order valence-corrected chi connectivity index (χ2v) is 2.54. The van der Waals surface area contributed by atoms with Crippen LogP contribution < -0.4 is 0 Å². The highest BCUT2D eigenvalue weighted by Gasteiger charge is 2.01. The van der Waals surface area contributed by atoms with Gasteiger partial charge in [-0.1, -0.05) is 31.7 Å². The van der Waals surface area contributed by atoms with E-state index in [1.54, 1.807) is 6.08 Å². The average Bonchev–Trinajstić information content (AvgIpc) is 2.16. The molecule has 0 amide bonds. The van der Waals surface area contributed by atoms with Crippen molar-refractivity contribution in [2.24, 2.45) is 0 Å². The smallest absolute Gasteiger partial charge is 0.0994 e. The highest BCUT2D eigenvalue weighted by molar-refractivity contribution is 5.57. The maximum atomic E-state index is 8.79. The topological polar surface area (TPSA) is 23.8 Å². The summed E-state index contributed by atoms with van der Waals surface area (Å²) >= 11 is 0. The van der Waals surface area contributed by atoms with Crippen LogP contribution in [-0.4, -0.2) is 0 Å². The number of hydrogen-bond acceptors (Lipinski definition) is 1. The first kappa shape index (κ1) is 8.55. The fourth-order valence-electron chi connectivity index (χ4n) is 1.30. The number of rotatable bonds is 2. The van der Waals surface area contributed by atoms with Crippen molar-refractivity contribution in [2.75, 3.05) is 0 Å². The third kappa shape index (κ3) is 1.38. The van der Waals surface area contributed by atoms with Crippen LogP contribution in [0.15, 0.2) is 24.8 Å². The summed E-state index contributed by atoms with van der Waals surface area (Å²) in [6.07, 6.45) is 2.67. The molecule has 1 nitrogen and oxygen atoms in total. The van der Waals surface area contributed by atoms with Crippen molar-refractivity contribution in [1.82, 2.24) is 0 Å². The maximum absolute atomic E-state index is 8.79. The molecule has 0 aliphatic rings. The Bertz CT molecular complexity index is 331. The van der Waals surface area contributed by atoms with Gasteiger partial charge in [0.05, 0.1) is 11.6 Å². The van der Waals surface area contributed by atoms with Crippen molar-refractivity contribution < 1.29 is 0 Å². The lowest BCUT2D eigenvalue weighted by atomic mass is 10.00. The molecule has 0 saturated heterocycles. The van der Waals surface area contributed by atoms with E-state index in [1.165, 1.54) is 0 Å². The lowest BCUT2D eigenvalue weighted by molar-refractivity contribution is 1.12. The van der Waals surface area contributed by atoms with Crippen LogP contribution in [0.2, 0.25) is 0 Å². The summed E-state index contributed by atoms with van der Waals surface area (Å²) in [6, 6.07) is 7.88. The van der Waals surface area contributed by atoms with Gasteiger partial charge in [0.1, 0.15) is 0 Å². The third-order valence-electron chi connectivity index (χ3n) is 1.91. The van der Waals surface area contributed by atoms with E-state index in [1.807, 2.05) is 25.1 Å². The van der Waals surface area contributed by atoms with E-state index >= 15 is 0 Å². The lowest BCUT2D eigenvalue weighted by Gasteiger charge is -2.03. The Morgan fingerprint density at radius 3 is 2.83 bits per heavy atom. The minimum atomic E-state index is 0.759. The van der Waals surface area contributed by atoms with E-state index in [2.05, 4.69) is 12.6 Å². The Balaban J connectivity index is 3.34. The van der Waals surface area contributed by atoms with Crippen LogP contribution in [0.1, 0.15) is 23.6 Å². The molecule has 1 aromatic rings. The Hall–Kier alpha value is -1.55. The largest absolute Gasteiger partial charge is 0.192 e. The molecule has 0 N–H and O–H groups in total. The Morgan fingerprint density at radius 1 is 1.58 bits per heavy atom. The van der Waals surface area contributed by atoms with Crippen LogP contribution in [0.5, 0.6) is 0 Å². The fraction of sp³-hybridized carbons (Fsp3) is 0.182. The second kappa shape index (κ2) is 3.73. The van der Waals surface area contributed by atoms with Crippen molar-refractivity contribution in [1.29, 1.82) is 5.26 Å². The molecule has 60 valence electrons. The number of benzene rings is 1. The van der Waals surface area contributed by atoms with Gasteiger partial charge in [0.25, 0.3) is 0 Å². The van der Waals surface area contributed by atoms with Gasteiger partial charge in [0.2, 0.25) is 0 Å². The van der Waals surface area contributed by atoms with Crippen LogP contribution in [0.3, 0.4) is 0 Å². The molecule has 0 aromatic heterocycles. The van der Waals surface area contributed by atoms with Crippen molar-refractivity contribution >= 4 is 6.08 Å². The summed E-state index contributed by atoms with van der Waals surface area (Å²) in [5, 5.41) is 8.79. The van der Waals surface area contributed by atoms with E-state index in [0.29, 0.717) is 0 Å². The summed E-state index contributed by atoms with van der Waals surface area (Å²) < 4.78 is 0. The van der Waals surface area contributed by atoms with Crippen LogP contribution in [0, 0.1) is 11.3 Å².